The molecule has 3 aromatic rings. The van der Waals surface area contributed by atoms with Crippen LogP contribution in [0.15, 0.2) is 59.5 Å². The lowest BCUT2D eigenvalue weighted by molar-refractivity contribution is 0.0677. The highest BCUT2D eigenvalue weighted by atomic mass is 32.2. The Balaban J connectivity index is 1.76. The van der Waals surface area contributed by atoms with Gasteiger partial charge in [0.2, 0.25) is 5.44 Å². The van der Waals surface area contributed by atoms with Crippen molar-refractivity contribution in [3.63, 3.8) is 0 Å². The van der Waals surface area contributed by atoms with Crippen LogP contribution in [0, 0.1) is 5.92 Å². The summed E-state index contributed by atoms with van der Waals surface area (Å²) in [5.74, 6) is -0.337. The van der Waals surface area contributed by atoms with Gasteiger partial charge >= 0.3 is 0 Å². The minimum absolute atomic E-state index is 0.0255. The van der Waals surface area contributed by atoms with Crippen LogP contribution in [0.4, 0.5) is 0 Å². The van der Waals surface area contributed by atoms with Crippen molar-refractivity contribution in [1.82, 2.24) is 4.98 Å². The molecule has 1 unspecified atom stereocenters. The van der Waals surface area contributed by atoms with Crippen LogP contribution >= 0.6 is 0 Å². The average Bonchev–Trinajstić information content (AvgIpc) is 2.74. The number of rotatable bonds is 5. The third-order valence-electron chi connectivity index (χ3n) is 5.33. The summed E-state index contributed by atoms with van der Waals surface area (Å²) in [6.45, 7) is 2.09. The number of aromatic nitrogens is 1. The van der Waals surface area contributed by atoms with Gasteiger partial charge in [0.1, 0.15) is 0 Å². The van der Waals surface area contributed by atoms with Crippen molar-refractivity contribution in [2.75, 3.05) is 7.11 Å². The molecule has 1 aromatic heterocycles. The topological polar surface area (TPSA) is 62.2 Å². The number of carbonyl (C=O) groups is 1. The number of ether oxygens (including phenoxy) is 1. The molecule has 3 atom stereocenters. The number of unbranched alkanes of at least 4 members (excludes halogenated alkanes) is 1. The highest BCUT2D eigenvalue weighted by molar-refractivity contribution is 7.92. The molecule has 0 saturated heterocycles. The van der Waals surface area contributed by atoms with Crippen molar-refractivity contribution >= 4 is 27.9 Å². The van der Waals surface area contributed by atoms with Crippen LogP contribution in [0.3, 0.4) is 0 Å². The quantitative estimate of drug-likeness (QED) is 0.573. The summed E-state index contributed by atoms with van der Waals surface area (Å²) in [6, 6.07) is 17.5. The van der Waals surface area contributed by atoms with Crippen LogP contribution in [-0.4, -0.2) is 27.9 Å². The van der Waals surface area contributed by atoms with E-state index in [1.807, 2.05) is 48.5 Å². The molecular formula is C23H23NO3S. The zero-order valence-electron chi connectivity index (χ0n) is 16.1. The second kappa shape index (κ2) is 8.03. The molecule has 4 rings (SSSR count). The molecule has 4 nitrogen and oxygen atoms in total. The predicted octanol–water partition coefficient (Wildman–Crippen LogP) is 4.98. The summed E-state index contributed by atoms with van der Waals surface area (Å²) in [7, 11) is 1.53. The van der Waals surface area contributed by atoms with E-state index in [0.29, 0.717) is 16.9 Å². The molecule has 0 aliphatic carbocycles. The van der Waals surface area contributed by atoms with Gasteiger partial charge in [-0.25, -0.2) is 4.98 Å². The molecule has 0 N–H and O–H groups in total. The summed E-state index contributed by atoms with van der Waals surface area (Å²) >= 11 is -1.36. The van der Waals surface area contributed by atoms with Crippen LogP contribution in [0.25, 0.3) is 22.2 Å². The number of Topliss-reactive ketones (excluding diaryl/α,β-unsaturated/α-hetero) is 1. The largest absolute Gasteiger partial charge is 0.609 e. The van der Waals surface area contributed by atoms with E-state index in [1.54, 1.807) is 6.07 Å². The van der Waals surface area contributed by atoms with E-state index in [-0.39, 0.29) is 11.7 Å². The summed E-state index contributed by atoms with van der Waals surface area (Å²) in [5, 5.41) is 1.07. The second-order valence-electron chi connectivity index (χ2n) is 7.11. The maximum absolute atomic E-state index is 13.2. The Bertz CT molecular complexity index is 1020. The number of hydrogen-bond acceptors (Lipinski definition) is 4. The first kappa shape index (κ1) is 19.1. The zero-order valence-corrected chi connectivity index (χ0v) is 16.9. The molecular weight excluding hydrogens is 370 g/mol. The maximum atomic E-state index is 13.2. The highest BCUT2D eigenvalue weighted by Gasteiger charge is 2.45. The number of ketones is 1. The van der Waals surface area contributed by atoms with Gasteiger partial charge in [0.15, 0.2) is 10.7 Å². The van der Waals surface area contributed by atoms with E-state index >= 15 is 0 Å². The van der Waals surface area contributed by atoms with Crippen molar-refractivity contribution < 1.29 is 14.1 Å². The number of para-hydroxylation sites is 1. The molecule has 0 amide bonds. The molecule has 0 saturated carbocycles. The first-order valence-electron chi connectivity index (χ1n) is 9.62. The van der Waals surface area contributed by atoms with Gasteiger partial charge in [-0.15, -0.1) is 0 Å². The molecule has 1 aliphatic heterocycles. The third kappa shape index (κ3) is 3.34. The van der Waals surface area contributed by atoms with E-state index in [4.69, 9.17) is 9.72 Å². The summed E-state index contributed by atoms with van der Waals surface area (Å²) < 4.78 is 18.5. The lowest BCUT2D eigenvalue weighted by Gasteiger charge is -2.32. The molecule has 5 heteroatoms. The van der Waals surface area contributed by atoms with Crippen LogP contribution in [0.1, 0.15) is 36.5 Å². The lowest BCUT2D eigenvalue weighted by atomic mass is 9.91. The average molecular weight is 394 g/mol. The van der Waals surface area contributed by atoms with Gasteiger partial charge in [0, 0.05) is 29.2 Å². The fourth-order valence-electron chi connectivity index (χ4n) is 3.82. The number of carbonyl (C=O) groups excluding carboxylic acids is 1. The van der Waals surface area contributed by atoms with E-state index in [1.165, 1.54) is 7.11 Å². The molecule has 0 spiro atoms. The second-order valence-corrected chi connectivity index (χ2v) is 8.61. The first-order valence-corrected chi connectivity index (χ1v) is 10.8. The molecule has 2 aromatic carbocycles. The standard InChI is InChI=1S/C23H23NO3S/c1-3-4-8-17-22(25)18-14-16(11-13-21(18)28(26)23(17)27-2)20-12-10-15-7-5-6-9-19(15)24-20/h5-7,9-14,17,23H,3-4,8H2,1-2H3/t17-,23-,28?/m1/s1. The Kier molecular flexibility index (Phi) is 5.49. The van der Waals surface area contributed by atoms with E-state index in [2.05, 4.69) is 6.92 Å². The molecule has 0 fully saturated rings. The normalized spacial score (nSPS) is 21.7. The molecule has 2 heterocycles. The number of hydrogen-bond donors (Lipinski definition) is 0. The Morgan fingerprint density at radius 3 is 2.75 bits per heavy atom. The van der Waals surface area contributed by atoms with Crippen LogP contribution in [0.5, 0.6) is 0 Å². The van der Waals surface area contributed by atoms with E-state index in [9.17, 15) is 9.35 Å². The van der Waals surface area contributed by atoms with Crippen LogP contribution < -0.4 is 0 Å². The molecule has 0 radical (unpaired) electrons. The molecule has 144 valence electrons. The van der Waals surface area contributed by atoms with Crippen molar-refractivity contribution in [2.24, 2.45) is 5.92 Å². The maximum Gasteiger partial charge on any atom is 0.231 e. The Morgan fingerprint density at radius 1 is 1.14 bits per heavy atom. The summed E-state index contributed by atoms with van der Waals surface area (Å²) in [5.41, 5.74) is 2.54. The number of pyridine rings is 1. The van der Waals surface area contributed by atoms with Gasteiger partial charge < -0.3 is 9.29 Å². The smallest absolute Gasteiger partial charge is 0.231 e. The number of benzene rings is 2. The van der Waals surface area contributed by atoms with E-state index in [0.717, 1.165) is 35.0 Å². The number of nitrogens with zero attached hydrogens (tertiary/aromatic N) is 1. The van der Waals surface area contributed by atoms with Gasteiger partial charge in [-0.05, 0) is 36.8 Å². The highest BCUT2D eigenvalue weighted by Crippen LogP contribution is 2.38. The molecule has 28 heavy (non-hydrogen) atoms. The molecule has 1 aliphatic rings. The predicted molar refractivity (Wildman–Crippen MR) is 112 cm³/mol. The first-order chi connectivity index (χ1) is 13.6. The zero-order chi connectivity index (χ0) is 19.7. The van der Waals surface area contributed by atoms with Crippen LogP contribution in [-0.2, 0) is 15.9 Å². The SMILES string of the molecule is CCCC[C@@H]1C(=O)c2cc(-c3ccc4ccccc4n3)ccc2[S+]([O-])[C@H]1OC. The van der Waals surface area contributed by atoms with E-state index < -0.39 is 16.6 Å². The van der Waals surface area contributed by atoms with Crippen molar-refractivity contribution in [3.8, 4) is 11.3 Å². The van der Waals surface area contributed by atoms with Crippen molar-refractivity contribution in [2.45, 2.75) is 36.5 Å². The minimum Gasteiger partial charge on any atom is -0.609 e. The fraction of sp³-hybridized carbons (Fsp3) is 0.304. The van der Waals surface area contributed by atoms with Gasteiger partial charge in [-0.1, -0.05) is 44.0 Å². The Labute approximate surface area is 168 Å². The Hall–Kier alpha value is -2.21. The van der Waals surface area contributed by atoms with Gasteiger partial charge in [0.05, 0.1) is 22.7 Å². The number of methoxy groups -OCH3 is 1. The van der Waals surface area contributed by atoms with Gasteiger partial charge in [-0.3, -0.25) is 4.79 Å². The fourth-order valence-corrected chi connectivity index (χ4v) is 5.39. The number of fused-ring (bicyclic) bond motifs is 2. The monoisotopic (exact) mass is 393 g/mol. The summed E-state index contributed by atoms with van der Waals surface area (Å²) in [4.78, 5) is 18.5. The Morgan fingerprint density at radius 2 is 1.96 bits per heavy atom. The van der Waals surface area contributed by atoms with Gasteiger partial charge in [-0.2, -0.15) is 0 Å². The minimum atomic E-state index is -1.36. The summed E-state index contributed by atoms with van der Waals surface area (Å²) in [6.07, 6.45) is 2.59. The van der Waals surface area contributed by atoms with Crippen molar-refractivity contribution in [1.29, 1.82) is 0 Å². The van der Waals surface area contributed by atoms with Gasteiger partial charge in [0.25, 0.3) is 0 Å². The van der Waals surface area contributed by atoms with Crippen molar-refractivity contribution in [3.05, 3.63) is 60.2 Å². The molecule has 0 bridgehead atoms. The van der Waals surface area contributed by atoms with Crippen LogP contribution in [0.2, 0.25) is 0 Å². The lowest BCUT2D eigenvalue weighted by Crippen LogP contribution is -2.41. The third-order valence-corrected chi connectivity index (χ3v) is 7.07.